The number of fused-ring (bicyclic) bond motifs is 1. The molecule has 3 rings (SSSR count). The second kappa shape index (κ2) is 8.10. The van der Waals surface area contributed by atoms with Crippen LogP contribution in [0.3, 0.4) is 0 Å². The molecule has 0 unspecified atom stereocenters. The highest BCUT2D eigenvalue weighted by Crippen LogP contribution is 2.28. The van der Waals surface area contributed by atoms with Crippen molar-refractivity contribution in [2.75, 3.05) is 25.3 Å². The van der Waals surface area contributed by atoms with Gasteiger partial charge < -0.3 is 14.8 Å². The number of carbonyl (C=O) groups excluding carboxylic acids is 1. The van der Waals surface area contributed by atoms with E-state index in [0.29, 0.717) is 11.4 Å². The van der Waals surface area contributed by atoms with Crippen LogP contribution in [0.15, 0.2) is 53.6 Å². The summed E-state index contributed by atoms with van der Waals surface area (Å²) in [6.07, 6.45) is 0. The van der Waals surface area contributed by atoms with Gasteiger partial charge >= 0.3 is 0 Å². The Kier molecular flexibility index (Phi) is 5.63. The van der Waals surface area contributed by atoms with E-state index in [-0.39, 0.29) is 11.7 Å². The van der Waals surface area contributed by atoms with E-state index in [2.05, 4.69) is 16.4 Å². The number of para-hydroxylation sites is 2. The van der Waals surface area contributed by atoms with Crippen molar-refractivity contribution >= 4 is 34.3 Å². The number of nitrogens with zero attached hydrogens (tertiary/aromatic N) is 1. The summed E-state index contributed by atoms with van der Waals surface area (Å²) < 4.78 is 10.5. The molecular weight excluding hydrogens is 348 g/mol. The summed E-state index contributed by atoms with van der Waals surface area (Å²) in [4.78, 5) is 16.9. The van der Waals surface area contributed by atoms with E-state index in [1.807, 2.05) is 49.4 Å². The molecule has 0 aliphatic carbocycles. The third kappa shape index (κ3) is 4.08. The van der Waals surface area contributed by atoms with Crippen molar-refractivity contribution in [1.82, 2.24) is 4.98 Å². The number of aryl methyl sites for hydroxylation is 1. The van der Waals surface area contributed by atoms with Gasteiger partial charge in [0.15, 0.2) is 0 Å². The SMILES string of the molecule is COc1ccc2nc(SCC(=O)Nc3ccccc3OC)c(C)cc2c1. The first-order chi connectivity index (χ1) is 12.6. The number of aromatic nitrogens is 1. The maximum absolute atomic E-state index is 12.3. The lowest BCUT2D eigenvalue weighted by Gasteiger charge is -2.10. The Morgan fingerprint density at radius 1 is 1.12 bits per heavy atom. The highest BCUT2D eigenvalue weighted by molar-refractivity contribution is 8.00. The molecule has 1 heterocycles. The normalized spacial score (nSPS) is 10.6. The minimum atomic E-state index is -0.101. The number of hydrogen-bond acceptors (Lipinski definition) is 5. The summed E-state index contributed by atoms with van der Waals surface area (Å²) in [7, 11) is 3.23. The monoisotopic (exact) mass is 368 g/mol. The van der Waals surface area contributed by atoms with Gasteiger partial charge in [-0.1, -0.05) is 23.9 Å². The second-order valence-corrected chi connectivity index (χ2v) is 6.67. The van der Waals surface area contributed by atoms with Crippen molar-refractivity contribution in [1.29, 1.82) is 0 Å². The standard InChI is InChI=1S/C20H20N2O3S/c1-13-10-14-11-15(24-2)8-9-16(14)22-20(13)26-12-19(23)21-17-6-4-5-7-18(17)25-3/h4-11H,12H2,1-3H3,(H,21,23). The van der Waals surface area contributed by atoms with Crippen LogP contribution in [0.2, 0.25) is 0 Å². The molecule has 2 aromatic carbocycles. The Bertz CT molecular complexity index is 943. The predicted octanol–water partition coefficient (Wildman–Crippen LogP) is 4.29. The number of carbonyl (C=O) groups is 1. The minimum Gasteiger partial charge on any atom is -0.497 e. The number of rotatable bonds is 6. The second-order valence-electron chi connectivity index (χ2n) is 5.71. The first kappa shape index (κ1) is 18.1. The summed E-state index contributed by atoms with van der Waals surface area (Å²) in [6, 6.07) is 15.2. The summed E-state index contributed by atoms with van der Waals surface area (Å²) in [5.41, 5.74) is 2.57. The van der Waals surface area contributed by atoms with Crippen molar-refractivity contribution < 1.29 is 14.3 Å². The van der Waals surface area contributed by atoms with Crippen LogP contribution in [0.1, 0.15) is 5.56 Å². The molecule has 0 saturated carbocycles. The maximum Gasteiger partial charge on any atom is 0.234 e. The lowest BCUT2D eigenvalue weighted by molar-refractivity contribution is -0.113. The molecule has 0 spiro atoms. The molecule has 0 bridgehead atoms. The van der Waals surface area contributed by atoms with Gasteiger partial charge in [-0.15, -0.1) is 0 Å². The third-order valence-electron chi connectivity index (χ3n) is 3.89. The van der Waals surface area contributed by atoms with Gasteiger partial charge in [0.05, 0.1) is 31.2 Å². The topological polar surface area (TPSA) is 60.5 Å². The fraction of sp³-hybridized carbons (Fsp3) is 0.200. The summed E-state index contributed by atoms with van der Waals surface area (Å²) in [6.45, 7) is 1.99. The number of hydrogen-bond donors (Lipinski definition) is 1. The highest BCUT2D eigenvalue weighted by atomic mass is 32.2. The molecule has 1 aromatic heterocycles. The quantitative estimate of drug-likeness (QED) is 0.658. The van der Waals surface area contributed by atoms with Gasteiger partial charge in [0.25, 0.3) is 0 Å². The number of benzene rings is 2. The Labute approximate surface area is 156 Å². The molecular formula is C20H20N2O3S. The Morgan fingerprint density at radius 3 is 2.69 bits per heavy atom. The minimum absolute atomic E-state index is 0.101. The van der Waals surface area contributed by atoms with Gasteiger partial charge in [0.2, 0.25) is 5.91 Å². The van der Waals surface area contributed by atoms with Gasteiger partial charge in [0, 0.05) is 5.39 Å². The Hall–Kier alpha value is -2.73. The average molecular weight is 368 g/mol. The van der Waals surface area contributed by atoms with Crippen LogP contribution in [-0.2, 0) is 4.79 Å². The number of thioether (sulfide) groups is 1. The van der Waals surface area contributed by atoms with E-state index in [1.54, 1.807) is 14.2 Å². The molecule has 5 nitrogen and oxygen atoms in total. The number of amides is 1. The molecule has 0 atom stereocenters. The zero-order valence-corrected chi connectivity index (χ0v) is 15.7. The maximum atomic E-state index is 12.3. The molecule has 134 valence electrons. The lowest BCUT2D eigenvalue weighted by atomic mass is 10.1. The summed E-state index contributed by atoms with van der Waals surface area (Å²) in [5.74, 6) is 1.61. The number of methoxy groups -OCH3 is 2. The number of ether oxygens (including phenoxy) is 2. The van der Waals surface area contributed by atoms with Crippen LogP contribution in [0.5, 0.6) is 11.5 Å². The van der Waals surface area contributed by atoms with Gasteiger partial charge in [-0.05, 0) is 48.9 Å². The number of pyridine rings is 1. The number of anilines is 1. The van der Waals surface area contributed by atoms with Gasteiger partial charge in [-0.2, -0.15) is 0 Å². The molecule has 26 heavy (non-hydrogen) atoms. The van der Waals surface area contributed by atoms with Crippen LogP contribution in [0.4, 0.5) is 5.69 Å². The molecule has 0 aliphatic rings. The van der Waals surface area contributed by atoms with Crippen molar-refractivity contribution in [3.05, 3.63) is 54.1 Å². The van der Waals surface area contributed by atoms with Gasteiger partial charge in [0.1, 0.15) is 16.5 Å². The zero-order valence-electron chi connectivity index (χ0n) is 14.9. The van der Waals surface area contributed by atoms with Crippen molar-refractivity contribution in [3.63, 3.8) is 0 Å². The van der Waals surface area contributed by atoms with Gasteiger partial charge in [-0.25, -0.2) is 4.98 Å². The van der Waals surface area contributed by atoms with Crippen molar-refractivity contribution in [2.24, 2.45) is 0 Å². The fourth-order valence-electron chi connectivity index (χ4n) is 2.58. The molecule has 0 fully saturated rings. The van der Waals surface area contributed by atoms with E-state index in [9.17, 15) is 4.79 Å². The van der Waals surface area contributed by atoms with Gasteiger partial charge in [-0.3, -0.25) is 4.79 Å². The molecule has 0 radical (unpaired) electrons. The van der Waals surface area contributed by atoms with E-state index in [4.69, 9.17) is 9.47 Å². The molecule has 6 heteroatoms. The summed E-state index contributed by atoms with van der Waals surface area (Å²) in [5, 5.41) is 4.74. The van der Waals surface area contributed by atoms with E-state index < -0.39 is 0 Å². The van der Waals surface area contributed by atoms with Crippen LogP contribution in [0, 0.1) is 6.92 Å². The Balaban J connectivity index is 1.70. The third-order valence-corrected chi connectivity index (χ3v) is 4.98. The van der Waals surface area contributed by atoms with Crippen molar-refractivity contribution in [2.45, 2.75) is 11.9 Å². The van der Waals surface area contributed by atoms with E-state index >= 15 is 0 Å². The first-order valence-electron chi connectivity index (χ1n) is 8.12. The van der Waals surface area contributed by atoms with Crippen LogP contribution in [-0.4, -0.2) is 30.9 Å². The molecule has 0 saturated heterocycles. The fourth-order valence-corrected chi connectivity index (χ4v) is 3.37. The van der Waals surface area contributed by atoms with Crippen molar-refractivity contribution in [3.8, 4) is 11.5 Å². The van der Waals surface area contributed by atoms with Crippen LogP contribution in [0.25, 0.3) is 10.9 Å². The first-order valence-corrected chi connectivity index (χ1v) is 9.10. The van der Waals surface area contributed by atoms with E-state index in [0.717, 1.165) is 27.2 Å². The summed E-state index contributed by atoms with van der Waals surface area (Å²) >= 11 is 1.42. The average Bonchev–Trinajstić information content (AvgIpc) is 2.66. The van der Waals surface area contributed by atoms with E-state index in [1.165, 1.54) is 11.8 Å². The highest BCUT2D eigenvalue weighted by Gasteiger charge is 2.10. The molecule has 3 aromatic rings. The largest absolute Gasteiger partial charge is 0.497 e. The zero-order chi connectivity index (χ0) is 18.5. The predicted molar refractivity (Wildman–Crippen MR) is 105 cm³/mol. The smallest absolute Gasteiger partial charge is 0.234 e. The number of nitrogens with one attached hydrogen (secondary N) is 1. The molecule has 0 aliphatic heterocycles. The molecule has 1 amide bonds. The van der Waals surface area contributed by atoms with Crippen LogP contribution < -0.4 is 14.8 Å². The lowest BCUT2D eigenvalue weighted by Crippen LogP contribution is -2.14. The molecule has 1 N–H and O–H groups in total. The van der Waals surface area contributed by atoms with Crippen LogP contribution >= 0.6 is 11.8 Å². The Morgan fingerprint density at radius 2 is 1.92 bits per heavy atom.